The van der Waals surface area contributed by atoms with Crippen molar-refractivity contribution in [1.82, 2.24) is 4.72 Å². The Balaban J connectivity index is 2.84. The van der Waals surface area contributed by atoms with Crippen LogP contribution in [0.3, 0.4) is 0 Å². The van der Waals surface area contributed by atoms with Gasteiger partial charge in [-0.25, -0.2) is 8.42 Å². The molecule has 0 aromatic heterocycles. The number of benzene rings is 1. The van der Waals surface area contributed by atoms with Gasteiger partial charge in [0.05, 0.1) is 12.2 Å². The second-order valence-electron chi connectivity index (χ2n) is 3.98. The number of carboxylic acids is 1. The lowest BCUT2D eigenvalue weighted by molar-refractivity contribution is -0.139. The topological polar surface area (TPSA) is 83.5 Å². The number of carbonyl (C=O) groups is 1. The maximum absolute atomic E-state index is 12.0. The minimum atomic E-state index is -4.62. The molecule has 1 aromatic carbocycles. The Labute approximate surface area is 113 Å². The first-order valence-corrected chi connectivity index (χ1v) is 7.10. The van der Waals surface area contributed by atoms with Crippen LogP contribution in [-0.4, -0.2) is 31.4 Å². The second-order valence-corrected chi connectivity index (χ2v) is 5.86. The number of sulfonamides is 1. The van der Waals surface area contributed by atoms with Crippen LogP contribution in [0.25, 0.3) is 0 Å². The molecule has 0 aliphatic carbocycles. The predicted octanol–water partition coefficient (Wildman–Crippen LogP) is 1.68. The van der Waals surface area contributed by atoms with Crippen LogP contribution in [0.5, 0.6) is 0 Å². The van der Waals surface area contributed by atoms with Gasteiger partial charge in [-0.15, -0.1) is 0 Å². The fraction of sp³-hybridized carbons (Fsp3) is 0.364. The molecule has 1 rings (SSSR count). The smallest absolute Gasteiger partial charge is 0.390 e. The van der Waals surface area contributed by atoms with Gasteiger partial charge in [0, 0.05) is 0 Å². The largest absolute Gasteiger partial charge is 0.480 e. The predicted molar refractivity (Wildman–Crippen MR) is 64.4 cm³/mol. The fourth-order valence-electron chi connectivity index (χ4n) is 1.40. The van der Waals surface area contributed by atoms with Crippen LogP contribution in [0, 0.1) is 0 Å². The van der Waals surface area contributed by atoms with Gasteiger partial charge in [0.2, 0.25) is 10.0 Å². The number of hydrogen-bond acceptors (Lipinski definition) is 3. The monoisotopic (exact) mass is 311 g/mol. The first-order valence-electron chi connectivity index (χ1n) is 5.45. The quantitative estimate of drug-likeness (QED) is 0.837. The van der Waals surface area contributed by atoms with E-state index in [9.17, 15) is 26.4 Å². The van der Waals surface area contributed by atoms with E-state index in [-0.39, 0.29) is 5.56 Å². The van der Waals surface area contributed by atoms with E-state index in [1.807, 2.05) is 0 Å². The molecule has 0 radical (unpaired) electrons. The van der Waals surface area contributed by atoms with Crippen molar-refractivity contribution in [1.29, 1.82) is 0 Å². The average Bonchev–Trinajstić information content (AvgIpc) is 2.34. The van der Waals surface area contributed by atoms with Crippen LogP contribution in [0.2, 0.25) is 0 Å². The van der Waals surface area contributed by atoms with Crippen molar-refractivity contribution in [3.05, 3.63) is 35.9 Å². The molecule has 0 spiro atoms. The molecule has 0 saturated carbocycles. The lowest BCUT2D eigenvalue weighted by Crippen LogP contribution is -2.36. The van der Waals surface area contributed by atoms with Gasteiger partial charge in [-0.1, -0.05) is 30.3 Å². The van der Waals surface area contributed by atoms with E-state index in [1.165, 1.54) is 24.3 Å². The van der Waals surface area contributed by atoms with E-state index >= 15 is 0 Å². The van der Waals surface area contributed by atoms with Crippen molar-refractivity contribution in [3.63, 3.8) is 0 Å². The molecule has 0 aliphatic heterocycles. The van der Waals surface area contributed by atoms with Crippen LogP contribution < -0.4 is 4.72 Å². The number of aliphatic carboxylic acids is 1. The lowest BCUT2D eigenvalue weighted by atomic mass is 10.1. The summed E-state index contributed by atoms with van der Waals surface area (Å²) in [5.74, 6) is -2.71. The summed E-state index contributed by atoms with van der Waals surface area (Å²) >= 11 is 0. The highest BCUT2D eigenvalue weighted by Crippen LogP contribution is 2.21. The highest BCUT2D eigenvalue weighted by molar-refractivity contribution is 7.89. The first-order chi connectivity index (χ1) is 9.11. The third-order valence-corrected chi connectivity index (χ3v) is 3.67. The summed E-state index contributed by atoms with van der Waals surface area (Å²) in [6, 6.07) is 5.70. The molecule has 1 atom stereocenters. The Bertz CT molecular complexity index is 557. The zero-order valence-electron chi connectivity index (χ0n) is 10.1. The molecule has 0 aliphatic rings. The summed E-state index contributed by atoms with van der Waals surface area (Å²) in [7, 11) is -4.36. The zero-order chi connectivity index (χ0) is 15.4. The molecule has 20 heavy (non-hydrogen) atoms. The molecule has 0 unspecified atom stereocenters. The van der Waals surface area contributed by atoms with Crippen molar-refractivity contribution in [3.8, 4) is 0 Å². The Morgan fingerprint density at radius 2 is 1.80 bits per heavy atom. The zero-order valence-corrected chi connectivity index (χ0v) is 10.9. The van der Waals surface area contributed by atoms with E-state index in [1.54, 1.807) is 10.8 Å². The summed E-state index contributed by atoms with van der Waals surface area (Å²) in [6.07, 6.45) is -6.16. The second kappa shape index (κ2) is 6.23. The van der Waals surface area contributed by atoms with Crippen molar-refractivity contribution in [2.75, 3.05) is 5.75 Å². The molecule has 2 N–H and O–H groups in total. The number of carboxylic acid groups (broad SMARTS) is 1. The average molecular weight is 311 g/mol. The first kappa shape index (κ1) is 16.4. The van der Waals surface area contributed by atoms with Gasteiger partial charge in [0.15, 0.2) is 0 Å². The fourth-order valence-corrected chi connectivity index (χ4v) is 2.61. The molecule has 112 valence electrons. The van der Waals surface area contributed by atoms with Crippen LogP contribution >= 0.6 is 0 Å². The van der Waals surface area contributed by atoms with Gasteiger partial charge in [-0.2, -0.15) is 17.9 Å². The van der Waals surface area contributed by atoms with Gasteiger partial charge >= 0.3 is 12.1 Å². The van der Waals surface area contributed by atoms with Crippen molar-refractivity contribution in [2.45, 2.75) is 18.6 Å². The molecule has 0 saturated heterocycles. The summed E-state index contributed by atoms with van der Waals surface area (Å²) in [4.78, 5) is 11.0. The van der Waals surface area contributed by atoms with Gasteiger partial charge < -0.3 is 5.11 Å². The Morgan fingerprint density at radius 3 is 2.25 bits per heavy atom. The number of alkyl halides is 3. The number of nitrogens with one attached hydrogen (secondary N) is 1. The maximum Gasteiger partial charge on any atom is 0.390 e. The van der Waals surface area contributed by atoms with Crippen molar-refractivity contribution < 1.29 is 31.5 Å². The van der Waals surface area contributed by atoms with Crippen LogP contribution in [0.4, 0.5) is 13.2 Å². The van der Waals surface area contributed by atoms with E-state index in [0.29, 0.717) is 0 Å². The van der Waals surface area contributed by atoms with E-state index in [4.69, 9.17) is 5.11 Å². The highest BCUT2D eigenvalue weighted by atomic mass is 32.2. The molecular weight excluding hydrogens is 299 g/mol. The Hall–Kier alpha value is -1.61. The summed E-state index contributed by atoms with van der Waals surface area (Å²) < 4.78 is 60.7. The Morgan fingerprint density at radius 1 is 1.25 bits per heavy atom. The molecule has 0 amide bonds. The maximum atomic E-state index is 12.0. The van der Waals surface area contributed by atoms with Crippen LogP contribution in [0.1, 0.15) is 18.0 Å². The van der Waals surface area contributed by atoms with Gasteiger partial charge in [-0.3, -0.25) is 4.79 Å². The minimum Gasteiger partial charge on any atom is -0.480 e. The number of hydrogen-bond donors (Lipinski definition) is 2. The third-order valence-electron chi connectivity index (χ3n) is 2.33. The molecular formula is C11H12F3NO4S. The molecule has 0 heterocycles. The number of rotatable bonds is 6. The number of halogens is 3. The standard InChI is InChI=1S/C11H12F3NO4S/c12-11(13,14)6-7-20(18,19)15-9(10(16)17)8-4-2-1-3-5-8/h1-5,9,15H,6-7H2,(H,16,17)/t9-/m1/s1. The summed E-state index contributed by atoms with van der Waals surface area (Å²) in [5.41, 5.74) is 0.135. The third kappa shape index (κ3) is 5.57. The lowest BCUT2D eigenvalue weighted by Gasteiger charge is -2.15. The van der Waals surface area contributed by atoms with Crippen molar-refractivity contribution in [2.24, 2.45) is 0 Å². The van der Waals surface area contributed by atoms with Gasteiger partial charge in [-0.05, 0) is 5.56 Å². The van der Waals surface area contributed by atoms with E-state index in [2.05, 4.69) is 0 Å². The molecule has 0 fully saturated rings. The highest BCUT2D eigenvalue weighted by Gasteiger charge is 2.32. The SMILES string of the molecule is O=C(O)[C@H](NS(=O)(=O)CCC(F)(F)F)c1ccccc1. The minimum absolute atomic E-state index is 0.135. The van der Waals surface area contributed by atoms with Crippen LogP contribution in [-0.2, 0) is 14.8 Å². The molecule has 9 heteroatoms. The molecule has 5 nitrogen and oxygen atoms in total. The molecule has 0 bridgehead atoms. The van der Waals surface area contributed by atoms with Gasteiger partial charge in [0.1, 0.15) is 6.04 Å². The summed E-state index contributed by atoms with van der Waals surface area (Å²) in [6.45, 7) is 0. The van der Waals surface area contributed by atoms with Crippen LogP contribution in [0.15, 0.2) is 30.3 Å². The summed E-state index contributed by atoms with van der Waals surface area (Å²) in [5, 5.41) is 8.97. The van der Waals surface area contributed by atoms with Gasteiger partial charge in [0.25, 0.3) is 0 Å². The normalized spacial score (nSPS) is 13.9. The van der Waals surface area contributed by atoms with Crippen molar-refractivity contribution >= 4 is 16.0 Å². The van der Waals surface area contributed by atoms with E-state index in [0.717, 1.165) is 0 Å². The molecule has 1 aromatic rings. The Kier molecular flexibility index (Phi) is 5.12. The van der Waals surface area contributed by atoms with E-state index < -0.39 is 40.4 Å².